The van der Waals surface area contributed by atoms with Crippen molar-refractivity contribution in [3.8, 4) is 6.07 Å². The van der Waals surface area contributed by atoms with Crippen LogP contribution in [-0.2, 0) is 0 Å². The molecule has 0 aliphatic carbocycles. The van der Waals surface area contributed by atoms with Gasteiger partial charge in [-0.2, -0.15) is 5.26 Å². The van der Waals surface area contributed by atoms with E-state index in [1.165, 1.54) is 4.90 Å². The van der Waals surface area contributed by atoms with Crippen LogP contribution in [0.25, 0.3) is 0 Å². The van der Waals surface area contributed by atoms with E-state index in [0.717, 1.165) is 15.7 Å². The Balaban J connectivity index is 2.37. The molecule has 4 nitrogen and oxygen atoms in total. The first-order chi connectivity index (χ1) is 9.93. The molecule has 1 amide bonds. The topological polar surface area (TPSA) is 70.1 Å². The number of amides is 1. The maximum absolute atomic E-state index is 12.6. The smallest absolute Gasteiger partial charge is 0.258 e. The molecular weight excluding hydrogens is 330 g/mol. The van der Waals surface area contributed by atoms with Crippen LogP contribution in [0.1, 0.15) is 21.5 Å². The molecule has 106 valence electrons. The zero-order valence-corrected chi connectivity index (χ0v) is 13.3. The minimum absolute atomic E-state index is 0.148. The van der Waals surface area contributed by atoms with Gasteiger partial charge in [-0.1, -0.05) is 15.9 Å². The van der Waals surface area contributed by atoms with Gasteiger partial charge in [-0.25, -0.2) is 0 Å². The number of carbonyl (C=O) groups is 1. The van der Waals surface area contributed by atoms with Gasteiger partial charge in [0.2, 0.25) is 0 Å². The summed E-state index contributed by atoms with van der Waals surface area (Å²) in [7, 11) is 1.69. The Morgan fingerprint density at radius 1 is 1.29 bits per heavy atom. The van der Waals surface area contributed by atoms with Crippen LogP contribution in [0, 0.1) is 18.3 Å². The van der Waals surface area contributed by atoms with E-state index in [1.54, 1.807) is 43.4 Å². The van der Waals surface area contributed by atoms with Crippen molar-refractivity contribution in [2.75, 3.05) is 17.7 Å². The highest BCUT2D eigenvalue weighted by molar-refractivity contribution is 9.10. The van der Waals surface area contributed by atoms with E-state index in [4.69, 9.17) is 11.0 Å². The fourth-order valence-electron chi connectivity index (χ4n) is 1.98. The first-order valence-electron chi connectivity index (χ1n) is 6.28. The molecule has 0 unspecified atom stereocenters. The number of nitrogen functional groups attached to an aromatic ring is 1. The van der Waals surface area contributed by atoms with Crippen molar-refractivity contribution < 1.29 is 4.79 Å². The third-order valence-corrected chi connectivity index (χ3v) is 3.79. The van der Waals surface area contributed by atoms with Crippen LogP contribution in [0.4, 0.5) is 11.4 Å². The van der Waals surface area contributed by atoms with Crippen LogP contribution in [0.3, 0.4) is 0 Å². The quantitative estimate of drug-likeness (QED) is 0.848. The second-order valence-corrected chi connectivity index (χ2v) is 5.61. The Bertz CT molecular complexity index is 732. The maximum Gasteiger partial charge on any atom is 0.258 e. The molecule has 21 heavy (non-hydrogen) atoms. The minimum Gasteiger partial charge on any atom is -0.398 e. The molecule has 0 saturated carbocycles. The van der Waals surface area contributed by atoms with Crippen molar-refractivity contribution in [2.45, 2.75) is 6.92 Å². The summed E-state index contributed by atoms with van der Waals surface area (Å²) in [4.78, 5) is 14.1. The lowest BCUT2D eigenvalue weighted by Gasteiger charge is -2.19. The van der Waals surface area contributed by atoms with Crippen molar-refractivity contribution in [2.24, 2.45) is 0 Å². The number of hydrogen-bond donors (Lipinski definition) is 1. The van der Waals surface area contributed by atoms with Crippen LogP contribution in [0.2, 0.25) is 0 Å². The number of nitrogens with two attached hydrogens (primary N) is 1. The molecule has 2 aromatic carbocycles. The largest absolute Gasteiger partial charge is 0.398 e. The molecule has 0 aromatic heterocycles. The molecule has 0 atom stereocenters. The summed E-state index contributed by atoms with van der Waals surface area (Å²) in [6.07, 6.45) is 0. The summed E-state index contributed by atoms with van der Waals surface area (Å²) in [5.41, 5.74) is 9.05. The average Bonchev–Trinajstić information content (AvgIpc) is 2.49. The van der Waals surface area contributed by atoms with E-state index >= 15 is 0 Å². The molecule has 0 spiro atoms. The van der Waals surface area contributed by atoms with Crippen LogP contribution in [0.15, 0.2) is 40.9 Å². The normalized spacial score (nSPS) is 10.0. The Kier molecular flexibility index (Phi) is 4.29. The monoisotopic (exact) mass is 343 g/mol. The number of benzene rings is 2. The lowest BCUT2D eigenvalue weighted by atomic mass is 10.1. The molecule has 0 aliphatic heterocycles. The number of halogens is 1. The molecule has 5 heteroatoms. The molecule has 2 aromatic rings. The molecule has 0 aliphatic rings. The predicted octanol–water partition coefficient (Wildman–Crippen LogP) is 3.49. The summed E-state index contributed by atoms with van der Waals surface area (Å²) in [6.45, 7) is 1.82. The van der Waals surface area contributed by atoms with Gasteiger partial charge in [0.15, 0.2) is 0 Å². The van der Waals surface area contributed by atoms with Gasteiger partial charge in [0, 0.05) is 28.5 Å². The summed E-state index contributed by atoms with van der Waals surface area (Å²) in [5.74, 6) is -0.148. The Labute approximate surface area is 131 Å². The minimum atomic E-state index is -0.148. The lowest BCUT2D eigenvalue weighted by Crippen LogP contribution is -2.27. The SMILES string of the molecule is Cc1c(N)cc(Br)cc1C(=O)N(C)c1ccc(C#N)cc1. The van der Waals surface area contributed by atoms with Crippen LogP contribution in [-0.4, -0.2) is 13.0 Å². The van der Waals surface area contributed by atoms with E-state index in [2.05, 4.69) is 22.0 Å². The summed E-state index contributed by atoms with van der Waals surface area (Å²) < 4.78 is 0.766. The summed E-state index contributed by atoms with van der Waals surface area (Å²) >= 11 is 3.35. The van der Waals surface area contributed by atoms with Crippen molar-refractivity contribution >= 4 is 33.2 Å². The first kappa shape index (κ1) is 15.1. The van der Waals surface area contributed by atoms with Gasteiger partial charge in [-0.15, -0.1) is 0 Å². The number of nitrogens with zero attached hydrogens (tertiary/aromatic N) is 2. The highest BCUT2D eigenvalue weighted by Crippen LogP contribution is 2.25. The highest BCUT2D eigenvalue weighted by atomic mass is 79.9. The molecular formula is C16H14BrN3O. The fraction of sp³-hybridized carbons (Fsp3) is 0.125. The third kappa shape index (κ3) is 3.06. The van der Waals surface area contributed by atoms with Gasteiger partial charge in [0.1, 0.15) is 0 Å². The molecule has 0 fully saturated rings. The molecule has 0 radical (unpaired) electrons. The zero-order valence-electron chi connectivity index (χ0n) is 11.7. The number of nitriles is 1. The van der Waals surface area contributed by atoms with Crippen LogP contribution >= 0.6 is 15.9 Å². The van der Waals surface area contributed by atoms with E-state index in [9.17, 15) is 4.79 Å². The summed E-state index contributed by atoms with van der Waals surface area (Å²) in [5, 5.41) is 8.80. The van der Waals surface area contributed by atoms with Gasteiger partial charge >= 0.3 is 0 Å². The number of anilines is 2. The van der Waals surface area contributed by atoms with E-state index < -0.39 is 0 Å². The lowest BCUT2D eigenvalue weighted by molar-refractivity contribution is 0.0992. The van der Waals surface area contributed by atoms with Gasteiger partial charge in [0.25, 0.3) is 5.91 Å². The molecule has 0 bridgehead atoms. The summed E-state index contributed by atoms with van der Waals surface area (Å²) in [6, 6.07) is 12.4. The average molecular weight is 344 g/mol. The van der Waals surface area contributed by atoms with E-state index in [-0.39, 0.29) is 5.91 Å². The second-order valence-electron chi connectivity index (χ2n) is 4.69. The predicted molar refractivity (Wildman–Crippen MR) is 87.2 cm³/mol. The zero-order chi connectivity index (χ0) is 15.6. The van der Waals surface area contributed by atoms with Crippen LogP contribution < -0.4 is 10.6 Å². The molecule has 2 rings (SSSR count). The molecule has 0 saturated heterocycles. The number of hydrogen-bond acceptors (Lipinski definition) is 3. The number of rotatable bonds is 2. The second kappa shape index (κ2) is 5.98. The Morgan fingerprint density at radius 2 is 1.90 bits per heavy atom. The van der Waals surface area contributed by atoms with Crippen molar-refractivity contribution in [1.29, 1.82) is 5.26 Å². The highest BCUT2D eigenvalue weighted by Gasteiger charge is 2.17. The first-order valence-corrected chi connectivity index (χ1v) is 7.07. The standard InChI is InChI=1S/C16H14BrN3O/c1-10-14(7-12(17)8-15(10)19)16(21)20(2)13-5-3-11(9-18)4-6-13/h3-8H,19H2,1-2H3. The van der Waals surface area contributed by atoms with Crippen molar-refractivity contribution in [3.63, 3.8) is 0 Å². The van der Waals surface area contributed by atoms with Gasteiger partial charge in [-0.05, 0) is 48.9 Å². The van der Waals surface area contributed by atoms with E-state index in [0.29, 0.717) is 16.8 Å². The van der Waals surface area contributed by atoms with Crippen molar-refractivity contribution in [3.05, 3.63) is 57.6 Å². The number of carbonyl (C=O) groups excluding carboxylic acids is 1. The van der Waals surface area contributed by atoms with Gasteiger partial charge < -0.3 is 10.6 Å². The van der Waals surface area contributed by atoms with Crippen LogP contribution in [0.5, 0.6) is 0 Å². The molecule has 2 N–H and O–H groups in total. The Hall–Kier alpha value is -2.32. The Morgan fingerprint density at radius 3 is 2.48 bits per heavy atom. The van der Waals surface area contributed by atoms with Crippen molar-refractivity contribution in [1.82, 2.24) is 0 Å². The van der Waals surface area contributed by atoms with Gasteiger partial charge in [-0.3, -0.25) is 4.79 Å². The maximum atomic E-state index is 12.6. The van der Waals surface area contributed by atoms with E-state index in [1.807, 2.05) is 6.92 Å². The third-order valence-electron chi connectivity index (χ3n) is 3.33. The fourth-order valence-corrected chi connectivity index (χ4v) is 2.46. The molecule has 0 heterocycles. The van der Waals surface area contributed by atoms with Gasteiger partial charge in [0.05, 0.1) is 11.6 Å².